The van der Waals surface area contributed by atoms with Gasteiger partial charge in [-0.3, -0.25) is 0 Å². The van der Waals surface area contributed by atoms with E-state index in [2.05, 4.69) is 25.5 Å². The fourth-order valence-electron chi connectivity index (χ4n) is 2.89. The fourth-order valence-corrected chi connectivity index (χ4v) is 2.89. The first-order chi connectivity index (χ1) is 12.3. The molecule has 1 aliphatic rings. The summed E-state index contributed by atoms with van der Waals surface area (Å²) in [6.45, 7) is 6.85. The number of hydrogen-bond acceptors (Lipinski definition) is 7. The summed E-state index contributed by atoms with van der Waals surface area (Å²) < 4.78 is 5.54. The van der Waals surface area contributed by atoms with Gasteiger partial charge in [-0.2, -0.15) is 0 Å². The molecule has 0 spiro atoms. The molecule has 2 aromatic rings. The highest BCUT2D eigenvalue weighted by molar-refractivity contribution is 5.91. The number of aromatic nitrogens is 2. The Balaban J connectivity index is 1.76. The van der Waals surface area contributed by atoms with Crippen LogP contribution in [-0.4, -0.2) is 49.0 Å². The predicted molar refractivity (Wildman–Crippen MR) is 99.9 cm³/mol. The number of anilines is 2. The van der Waals surface area contributed by atoms with Crippen LogP contribution in [0.4, 0.5) is 11.6 Å². The number of rotatable bonds is 7. The summed E-state index contributed by atoms with van der Waals surface area (Å²) in [6, 6.07) is 7.98. The topological polar surface area (TPSA) is 86.2 Å². The van der Waals surface area contributed by atoms with Crippen molar-refractivity contribution in [2.45, 2.75) is 13.5 Å². The molecular formula is C18H24N6O. The van der Waals surface area contributed by atoms with Gasteiger partial charge in [0, 0.05) is 38.9 Å². The molecule has 0 atom stereocenters. The second-order valence-corrected chi connectivity index (χ2v) is 5.77. The Morgan fingerprint density at radius 3 is 2.92 bits per heavy atom. The van der Waals surface area contributed by atoms with E-state index in [-0.39, 0.29) is 0 Å². The molecule has 7 heteroatoms. The Kier molecular flexibility index (Phi) is 5.79. The van der Waals surface area contributed by atoms with Crippen molar-refractivity contribution in [2.75, 3.05) is 43.0 Å². The molecule has 3 rings (SSSR count). The van der Waals surface area contributed by atoms with Gasteiger partial charge in [0.15, 0.2) is 0 Å². The van der Waals surface area contributed by atoms with Crippen molar-refractivity contribution in [2.24, 2.45) is 0 Å². The van der Waals surface area contributed by atoms with Gasteiger partial charge in [-0.1, -0.05) is 12.1 Å². The van der Waals surface area contributed by atoms with Crippen molar-refractivity contribution in [1.82, 2.24) is 15.3 Å². The van der Waals surface area contributed by atoms with Crippen LogP contribution in [0.3, 0.4) is 0 Å². The van der Waals surface area contributed by atoms with E-state index in [1.807, 2.05) is 31.2 Å². The Morgan fingerprint density at radius 1 is 1.32 bits per heavy atom. The van der Waals surface area contributed by atoms with Gasteiger partial charge in [0.1, 0.15) is 23.7 Å². The molecule has 1 aromatic heterocycles. The van der Waals surface area contributed by atoms with E-state index in [4.69, 9.17) is 10.1 Å². The number of nitrogens with zero attached hydrogens (tertiary/aromatic N) is 3. The number of hydrogen-bond donors (Lipinski definition) is 3. The molecule has 3 N–H and O–H groups in total. The van der Waals surface area contributed by atoms with Crippen LogP contribution < -0.4 is 20.3 Å². The van der Waals surface area contributed by atoms with Crippen molar-refractivity contribution in [3.05, 3.63) is 41.7 Å². The largest absolute Gasteiger partial charge is 0.494 e. The normalized spacial score (nSPS) is 14.2. The van der Waals surface area contributed by atoms with Gasteiger partial charge in [0.25, 0.3) is 0 Å². The summed E-state index contributed by atoms with van der Waals surface area (Å²) >= 11 is 0. The minimum Gasteiger partial charge on any atom is -0.494 e. The zero-order valence-electron chi connectivity index (χ0n) is 14.5. The highest BCUT2D eigenvalue weighted by Crippen LogP contribution is 2.23. The van der Waals surface area contributed by atoms with E-state index in [1.54, 1.807) is 6.33 Å². The van der Waals surface area contributed by atoms with Crippen LogP contribution in [0.2, 0.25) is 0 Å². The fraction of sp³-hybridized carbons (Fsp3) is 0.389. The van der Waals surface area contributed by atoms with Crippen molar-refractivity contribution < 1.29 is 4.74 Å². The lowest BCUT2D eigenvalue weighted by atomic mass is 10.2. The summed E-state index contributed by atoms with van der Waals surface area (Å²) in [5, 5.41) is 14.5. The standard InChI is InChI=1S/C18H24N6O/c1-2-25-15-5-3-4-14(10-15)12-21-17-16(11-19)18(23-13-22-17)24-8-6-20-7-9-24/h3-5,10-11,13,19-20H,2,6-9,12H2,1H3,(H,21,22,23). The van der Waals surface area contributed by atoms with Gasteiger partial charge in [0.05, 0.1) is 12.2 Å². The van der Waals surface area contributed by atoms with E-state index in [9.17, 15) is 0 Å². The maximum Gasteiger partial charge on any atom is 0.143 e. The van der Waals surface area contributed by atoms with E-state index in [1.165, 1.54) is 6.21 Å². The summed E-state index contributed by atoms with van der Waals surface area (Å²) in [5.41, 5.74) is 1.83. The molecule has 1 fully saturated rings. The SMILES string of the molecule is CCOc1cccc(CNc2ncnc(N3CCNCC3)c2C=N)c1. The second kappa shape index (κ2) is 8.43. The molecule has 0 amide bonds. The van der Waals surface area contributed by atoms with Crippen LogP contribution in [0.25, 0.3) is 0 Å². The summed E-state index contributed by atoms with van der Waals surface area (Å²) in [6.07, 6.45) is 2.89. The number of piperazine rings is 1. The van der Waals surface area contributed by atoms with Crippen LogP contribution in [0, 0.1) is 5.41 Å². The third-order valence-corrected chi connectivity index (χ3v) is 4.09. The van der Waals surface area contributed by atoms with Crippen LogP contribution >= 0.6 is 0 Å². The molecule has 1 aromatic carbocycles. The molecule has 2 heterocycles. The summed E-state index contributed by atoms with van der Waals surface area (Å²) in [7, 11) is 0. The number of benzene rings is 1. The average molecular weight is 340 g/mol. The smallest absolute Gasteiger partial charge is 0.143 e. The molecule has 0 aliphatic carbocycles. The van der Waals surface area contributed by atoms with Crippen molar-refractivity contribution in [3.63, 3.8) is 0 Å². The molecule has 0 saturated carbocycles. The molecule has 0 bridgehead atoms. The van der Waals surface area contributed by atoms with Gasteiger partial charge >= 0.3 is 0 Å². The van der Waals surface area contributed by atoms with Crippen molar-refractivity contribution >= 4 is 17.9 Å². The molecule has 132 valence electrons. The lowest BCUT2D eigenvalue weighted by molar-refractivity contribution is 0.340. The average Bonchev–Trinajstić information content (AvgIpc) is 2.67. The molecule has 7 nitrogen and oxygen atoms in total. The first-order valence-electron chi connectivity index (χ1n) is 8.58. The van der Waals surface area contributed by atoms with Gasteiger partial charge in [-0.15, -0.1) is 0 Å². The summed E-state index contributed by atoms with van der Waals surface area (Å²) in [5.74, 6) is 2.36. The van der Waals surface area contributed by atoms with Crippen LogP contribution in [0.1, 0.15) is 18.1 Å². The maximum absolute atomic E-state index is 7.81. The molecule has 0 radical (unpaired) electrons. The summed E-state index contributed by atoms with van der Waals surface area (Å²) in [4.78, 5) is 10.9. The van der Waals surface area contributed by atoms with Gasteiger partial charge in [-0.05, 0) is 24.6 Å². The molecule has 25 heavy (non-hydrogen) atoms. The van der Waals surface area contributed by atoms with Crippen molar-refractivity contribution in [3.8, 4) is 5.75 Å². The van der Waals surface area contributed by atoms with Crippen LogP contribution in [-0.2, 0) is 6.54 Å². The van der Waals surface area contributed by atoms with E-state index in [0.29, 0.717) is 19.0 Å². The molecule has 1 aliphatic heterocycles. The third kappa shape index (κ3) is 4.24. The second-order valence-electron chi connectivity index (χ2n) is 5.77. The minimum absolute atomic E-state index is 0.611. The number of nitrogens with one attached hydrogen (secondary N) is 3. The monoisotopic (exact) mass is 340 g/mol. The van der Waals surface area contributed by atoms with E-state index < -0.39 is 0 Å². The predicted octanol–water partition coefficient (Wildman–Crippen LogP) is 1.89. The van der Waals surface area contributed by atoms with Crippen LogP contribution in [0.15, 0.2) is 30.6 Å². The van der Waals surface area contributed by atoms with Gasteiger partial charge in [-0.25, -0.2) is 9.97 Å². The third-order valence-electron chi connectivity index (χ3n) is 4.09. The minimum atomic E-state index is 0.611. The lowest BCUT2D eigenvalue weighted by Gasteiger charge is -2.29. The molecule has 1 saturated heterocycles. The Labute approximate surface area is 147 Å². The maximum atomic E-state index is 7.81. The first-order valence-corrected chi connectivity index (χ1v) is 8.58. The highest BCUT2D eigenvalue weighted by atomic mass is 16.5. The van der Waals surface area contributed by atoms with Crippen LogP contribution in [0.5, 0.6) is 5.75 Å². The Bertz CT molecular complexity index is 714. The zero-order chi connectivity index (χ0) is 17.5. The number of ether oxygens (including phenoxy) is 1. The zero-order valence-corrected chi connectivity index (χ0v) is 14.5. The Hall–Kier alpha value is -2.67. The van der Waals surface area contributed by atoms with E-state index >= 15 is 0 Å². The molecule has 0 unspecified atom stereocenters. The highest BCUT2D eigenvalue weighted by Gasteiger charge is 2.17. The van der Waals surface area contributed by atoms with Gasteiger partial charge in [0.2, 0.25) is 0 Å². The first kappa shape index (κ1) is 17.2. The van der Waals surface area contributed by atoms with E-state index in [0.717, 1.165) is 48.9 Å². The quantitative estimate of drug-likeness (QED) is 0.668. The Morgan fingerprint density at radius 2 is 2.16 bits per heavy atom. The lowest BCUT2D eigenvalue weighted by Crippen LogP contribution is -2.44. The molecular weight excluding hydrogens is 316 g/mol. The van der Waals surface area contributed by atoms with Crippen molar-refractivity contribution in [1.29, 1.82) is 5.41 Å². The van der Waals surface area contributed by atoms with Gasteiger partial charge < -0.3 is 25.7 Å².